The van der Waals surface area contributed by atoms with E-state index in [1.807, 2.05) is 23.1 Å². The number of aromatic nitrogens is 2. The van der Waals surface area contributed by atoms with Crippen molar-refractivity contribution in [1.29, 1.82) is 0 Å². The zero-order valence-corrected chi connectivity index (χ0v) is 15.0. The second kappa shape index (κ2) is 7.40. The number of nitrogens with one attached hydrogen (secondary N) is 1. The molecular weight excluding hydrogens is 352 g/mol. The molecule has 1 amide bonds. The molecule has 2 aromatic carbocycles. The number of rotatable bonds is 5. The van der Waals surface area contributed by atoms with Gasteiger partial charge in [0.2, 0.25) is 0 Å². The number of nitrogens with zero attached hydrogens (tertiary/aromatic N) is 3. The topological polar surface area (TPSA) is 90.1 Å². The summed E-state index contributed by atoms with van der Waals surface area (Å²) in [7, 11) is 0. The van der Waals surface area contributed by atoms with Gasteiger partial charge < -0.3 is 5.32 Å². The van der Waals surface area contributed by atoms with Gasteiger partial charge in [-0.2, -0.15) is 0 Å². The summed E-state index contributed by atoms with van der Waals surface area (Å²) in [4.78, 5) is 27.5. The molecule has 0 bridgehead atoms. The zero-order valence-electron chi connectivity index (χ0n) is 14.2. The highest BCUT2D eigenvalue weighted by atomic mass is 32.2. The molecule has 1 aromatic heterocycles. The van der Waals surface area contributed by atoms with E-state index in [0.717, 1.165) is 10.8 Å². The van der Waals surface area contributed by atoms with Crippen molar-refractivity contribution in [2.75, 3.05) is 11.6 Å². The first-order valence-corrected chi connectivity index (χ1v) is 8.97. The van der Waals surface area contributed by atoms with Crippen LogP contribution in [0.5, 0.6) is 0 Å². The molecule has 0 spiro atoms. The zero-order chi connectivity index (χ0) is 18.7. The lowest BCUT2D eigenvalue weighted by atomic mass is 10.1. The van der Waals surface area contributed by atoms with Gasteiger partial charge in [0.1, 0.15) is 0 Å². The Hall–Kier alpha value is -3.13. The van der Waals surface area contributed by atoms with Crippen molar-refractivity contribution in [3.63, 3.8) is 0 Å². The van der Waals surface area contributed by atoms with Crippen LogP contribution in [0.1, 0.15) is 15.9 Å². The number of imidazole rings is 1. The lowest BCUT2D eigenvalue weighted by Gasteiger charge is -2.11. The van der Waals surface area contributed by atoms with Crippen LogP contribution in [0.2, 0.25) is 0 Å². The average molecular weight is 368 g/mol. The van der Waals surface area contributed by atoms with Crippen LogP contribution in [0.4, 0.5) is 11.4 Å². The fourth-order valence-electron chi connectivity index (χ4n) is 2.59. The molecule has 7 nitrogen and oxygen atoms in total. The molecule has 0 unspecified atom stereocenters. The first kappa shape index (κ1) is 17.7. The van der Waals surface area contributed by atoms with Crippen molar-refractivity contribution in [2.24, 2.45) is 0 Å². The van der Waals surface area contributed by atoms with Gasteiger partial charge >= 0.3 is 0 Å². The molecule has 0 aliphatic heterocycles. The third kappa shape index (κ3) is 3.45. The highest BCUT2D eigenvalue weighted by molar-refractivity contribution is 7.98. The minimum atomic E-state index is -0.464. The van der Waals surface area contributed by atoms with Gasteiger partial charge in [-0.3, -0.25) is 19.5 Å². The molecule has 8 heteroatoms. The molecule has 0 saturated heterocycles. The van der Waals surface area contributed by atoms with Crippen LogP contribution in [-0.4, -0.2) is 26.6 Å². The Kier molecular flexibility index (Phi) is 5.04. The van der Waals surface area contributed by atoms with Crippen molar-refractivity contribution in [3.05, 3.63) is 76.1 Å². The van der Waals surface area contributed by atoms with Crippen LogP contribution in [0.3, 0.4) is 0 Å². The van der Waals surface area contributed by atoms with Gasteiger partial charge in [0.15, 0.2) is 5.16 Å². The van der Waals surface area contributed by atoms with Crippen LogP contribution in [0, 0.1) is 17.0 Å². The number of nitro groups is 1. The smallest absolute Gasteiger partial charge is 0.274 e. The number of anilines is 1. The third-order valence-corrected chi connectivity index (χ3v) is 4.59. The first-order valence-electron chi connectivity index (χ1n) is 7.74. The predicted octanol–water partition coefficient (Wildman–Crippen LogP) is 4.06. The van der Waals surface area contributed by atoms with Gasteiger partial charge in [0.05, 0.1) is 16.2 Å². The van der Waals surface area contributed by atoms with Crippen LogP contribution in [0.15, 0.2) is 60.0 Å². The van der Waals surface area contributed by atoms with Gasteiger partial charge in [-0.1, -0.05) is 23.9 Å². The van der Waals surface area contributed by atoms with Gasteiger partial charge in [-0.05, 0) is 37.4 Å². The first-order chi connectivity index (χ1) is 12.5. The molecule has 0 radical (unpaired) electrons. The van der Waals surface area contributed by atoms with E-state index < -0.39 is 4.92 Å². The Bertz CT molecular complexity index is 984. The Morgan fingerprint density at radius 1 is 1.27 bits per heavy atom. The van der Waals surface area contributed by atoms with E-state index in [-0.39, 0.29) is 11.6 Å². The number of nitro benzene ring substituents is 1. The molecule has 132 valence electrons. The molecule has 3 rings (SSSR count). The highest BCUT2D eigenvalue weighted by Crippen LogP contribution is 2.26. The Morgan fingerprint density at radius 2 is 2.04 bits per heavy atom. The monoisotopic (exact) mass is 368 g/mol. The molecule has 26 heavy (non-hydrogen) atoms. The van der Waals surface area contributed by atoms with Crippen molar-refractivity contribution in [2.45, 2.75) is 12.1 Å². The number of thioether (sulfide) groups is 1. The number of hydrogen-bond donors (Lipinski definition) is 1. The van der Waals surface area contributed by atoms with Gasteiger partial charge in [0.25, 0.3) is 11.6 Å². The van der Waals surface area contributed by atoms with Crippen molar-refractivity contribution in [3.8, 4) is 5.69 Å². The van der Waals surface area contributed by atoms with E-state index in [9.17, 15) is 14.9 Å². The maximum absolute atomic E-state index is 12.6. The molecule has 1 heterocycles. The summed E-state index contributed by atoms with van der Waals surface area (Å²) in [6.45, 7) is 1.61. The second-order valence-corrected chi connectivity index (χ2v) is 6.27. The van der Waals surface area contributed by atoms with Crippen molar-refractivity contribution < 1.29 is 9.72 Å². The molecule has 3 aromatic rings. The Labute approximate surface area is 154 Å². The highest BCUT2D eigenvalue weighted by Gasteiger charge is 2.16. The fourth-order valence-corrected chi connectivity index (χ4v) is 3.11. The molecule has 0 fully saturated rings. The number of carbonyl (C=O) groups is 1. The normalized spacial score (nSPS) is 10.5. The standard InChI is InChI=1S/C18H16N4O3S/c1-12-15(7-4-8-16(12)22(24)25)20-17(23)13-5-3-6-14(11-13)21-10-9-19-18(21)26-2/h3-11H,1-2H3,(H,20,23). The minimum absolute atomic E-state index is 0.0282. The molecule has 0 aliphatic carbocycles. The lowest BCUT2D eigenvalue weighted by molar-refractivity contribution is -0.385. The summed E-state index contributed by atoms with van der Waals surface area (Å²) in [5.41, 5.74) is 2.08. The quantitative estimate of drug-likeness (QED) is 0.417. The number of hydrogen-bond acceptors (Lipinski definition) is 5. The summed E-state index contributed by atoms with van der Waals surface area (Å²) in [5.74, 6) is -0.332. The molecule has 0 saturated carbocycles. The summed E-state index contributed by atoms with van der Waals surface area (Å²) in [6, 6.07) is 11.7. The minimum Gasteiger partial charge on any atom is -0.321 e. The van der Waals surface area contributed by atoms with E-state index in [1.165, 1.54) is 17.8 Å². The Balaban J connectivity index is 1.89. The van der Waals surface area contributed by atoms with E-state index in [1.54, 1.807) is 43.5 Å². The van der Waals surface area contributed by atoms with Crippen LogP contribution in [-0.2, 0) is 0 Å². The summed E-state index contributed by atoms with van der Waals surface area (Å²) < 4.78 is 1.89. The molecule has 1 N–H and O–H groups in total. The average Bonchev–Trinajstić information content (AvgIpc) is 3.12. The molecular formula is C18H16N4O3S. The van der Waals surface area contributed by atoms with E-state index in [2.05, 4.69) is 10.3 Å². The van der Waals surface area contributed by atoms with Gasteiger partial charge in [-0.15, -0.1) is 0 Å². The van der Waals surface area contributed by atoms with Crippen molar-refractivity contribution in [1.82, 2.24) is 9.55 Å². The Morgan fingerprint density at radius 3 is 2.77 bits per heavy atom. The lowest BCUT2D eigenvalue weighted by Crippen LogP contribution is -2.13. The largest absolute Gasteiger partial charge is 0.321 e. The predicted molar refractivity (Wildman–Crippen MR) is 101 cm³/mol. The third-order valence-electron chi connectivity index (χ3n) is 3.93. The SMILES string of the molecule is CSc1nccn1-c1cccc(C(=O)Nc2cccc([N+](=O)[O-])c2C)c1. The second-order valence-electron chi connectivity index (χ2n) is 5.50. The number of benzene rings is 2. The van der Waals surface area contributed by atoms with E-state index >= 15 is 0 Å². The fraction of sp³-hybridized carbons (Fsp3) is 0.111. The van der Waals surface area contributed by atoms with Crippen LogP contribution >= 0.6 is 11.8 Å². The summed E-state index contributed by atoms with van der Waals surface area (Å²) in [5, 5.41) is 14.6. The maximum Gasteiger partial charge on any atom is 0.274 e. The van der Waals surface area contributed by atoms with E-state index in [0.29, 0.717) is 16.8 Å². The van der Waals surface area contributed by atoms with Crippen LogP contribution < -0.4 is 5.32 Å². The molecule has 0 atom stereocenters. The summed E-state index contributed by atoms with van der Waals surface area (Å²) >= 11 is 1.51. The molecule has 0 aliphatic rings. The summed E-state index contributed by atoms with van der Waals surface area (Å²) in [6.07, 6.45) is 5.46. The van der Waals surface area contributed by atoms with Crippen molar-refractivity contribution >= 4 is 29.0 Å². The van der Waals surface area contributed by atoms with E-state index in [4.69, 9.17) is 0 Å². The number of carbonyl (C=O) groups excluding carboxylic acids is 1. The van der Waals surface area contributed by atoms with Crippen LogP contribution in [0.25, 0.3) is 5.69 Å². The maximum atomic E-state index is 12.6. The van der Waals surface area contributed by atoms with Gasteiger partial charge in [0, 0.05) is 29.7 Å². The van der Waals surface area contributed by atoms with Gasteiger partial charge in [-0.25, -0.2) is 4.98 Å². The number of amides is 1.